The van der Waals surface area contributed by atoms with Gasteiger partial charge in [0.15, 0.2) is 0 Å². The monoisotopic (exact) mass is 285 g/mol. The van der Waals surface area contributed by atoms with Gasteiger partial charge >= 0.3 is 0 Å². The van der Waals surface area contributed by atoms with Crippen molar-refractivity contribution in [2.45, 2.75) is 6.92 Å². The number of aromatic nitrogens is 1. The second kappa shape index (κ2) is 7.40. The Morgan fingerprint density at radius 3 is 2.67 bits per heavy atom. The van der Waals surface area contributed by atoms with Crippen molar-refractivity contribution in [3.05, 3.63) is 53.9 Å². The van der Waals surface area contributed by atoms with Gasteiger partial charge < -0.3 is 15.4 Å². The molecule has 0 aliphatic rings. The zero-order valence-electron chi connectivity index (χ0n) is 12.2. The molecule has 0 spiro atoms. The van der Waals surface area contributed by atoms with E-state index in [9.17, 15) is 4.79 Å². The van der Waals surface area contributed by atoms with Crippen molar-refractivity contribution in [3.8, 4) is 0 Å². The van der Waals surface area contributed by atoms with E-state index in [1.807, 2.05) is 37.3 Å². The van der Waals surface area contributed by atoms with Gasteiger partial charge in [0.25, 0.3) is 5.91 Å². The van der Waals surface area contributed by atoms with E-state index in [1.165, 1.54) is 0 Å². The molecule has 2 N–H and O–H groups in total. The Hall–Kier alpha value is -2.40. The Morgan fingerprint density at radius 2 is 1.95 bits per heavy atom. The largest absolute Gasteiger partial charge is 0.383 e. The predicted molar refractivity (Wildman–Crippen MR) is 83.7 cm³/mol. The fourth-order valence-electron chi connectivity index (χ4n) is 1.79. The summed E-state index contributed by atoms with van der Waals surface area (Å²) in [5.41, 5.74) is 3.12. The molecule has 5 heteroatoms. The summed E-state index contributed by atoms with van der Waals surface area (Å²) in [4.78, 5) is 16.3. The molecule has 110 valence electrons. The fourth-order valence-corrected chi connectivity index (χ4v) is 1.79. The molecular formula is C16H19N3O2. The van der Waals surface area contributed by atoms with Gasteiger partial charge in [0.05, 0.1) is 6.61 Å². The first-order valence-corrected chi connectivity index (χ1v) is 6.76. The van der Waals surface area contributed by atoms with Crippen molar-refractivity contribution in [3.63, 3.8) is 0 Å². The number of aryl methyl sites for hydroxylation is 1. The number of rotatable bonds is 6. The Bertz CT molecular complexity index is 597. The first-order valence-electron chi connectivity index (χ1n) is 6.76. The van der Waals surface area contributed by atoms with Crippen LogP contribution in [0.1, 0.15) is 16.1 Å². The lowest BCUT2D eigenvalue weighted by Crippen LogP contribution is -2.14. The summed E-state index contributed by atoms with van der Waals surface area (Å²) in [5, 5.41) is 5.99. The minimum absolute atomic E-state index is 0.228. The lowest BCUT2D eigenvalue weighted by atomic mass is 10.2. The van der Waals surface area contributed by atoms with E-state index in [0.717, 1.165) is 16.9 Å². The zero-order valence-corrected chi connectivity index (χ0v) is 12.2. The zero-order chi connectivity index (χ0) is 15.1. The number of ether oxygens (including phenoxy) is 1. The topological polar surface area (TPSA) is 63.2 Å². The number of pyridine rings is 1. The van der Waals surface area contributed by atoms with Crippen LogP contribution in [-0.4, -0.2) is 31.2 Å². The number of anilines is 2. The molecule has 0 atom stereocenters. The molecule has 0 unspecified atom stereocenters. The van der Waals surface area contributed by atoms with Crippen LogP contribution in [0.5, 0.6) is 0 Å². The predicted octanol–water partition coefficient (Wildman–Crippen LogP) is 2.70. The highest BCUT2D eigenvalue weighted by molar-refractivity contribution is 6.03. The van der Waals surface area contributed by atoms with Crippen molar-refractivity contribution in [1.82, 2.24) is 4.98 Å². The molecule has 1 aromatic carbocycles. The first-order chi connectivity index (χ1) is 10.2. The fraction of sp³-hybridized carbons (Fsp3) is 0.250. The highest BCUT2D eigenvalue weighted by Crippen LogP contribution is 2.12. The highest BCUT2D eigenvalue weighted by atomic mass is 16.5. The van der Waals surface area contributed by atoms with Gasteiger partial charge in [-0.1, -0.05) is 17.7 Å². The van der Waals surface area contributed by atoms with Crippen LogP contribution in [0.2, 0.25) is 0 Å². The number of hydrogen-bond acceptors (Lipinski definition) is 4. The molecule has 0 radical (unpaired) electrons. The Labute approximate surface area is 124 Å². The summed E-state index contributed by atoms with van der Waals surface area (Å²) in [6.07, 6.45) is 1.61. The highest BCUT2D eigenvalue weighted by Gasteiger charge is 2.08. The van der Waals surface area contributed by atoms with Crippen LogP contribution in [0.4, 0.5) is 11.4 Å². The van der Waals surface area contributed by atoms with Gasteiger partial charge in [-0.05, 0) is 31.2 Å². The SMILES string of the molecule is COCCNc1ccnc(C(=O)Nc2ccc(C)cc2)c1. The van der Waals surface area contributed by atoms with Gasteiger partial charge in [0.2, 0.25) is 0 Å². The molecule has 0 fully saturated rings. The van der Waals surface area contributed by atoms with E-state index in [-0.39, 0.29) is 5.91 Å². The number of nitrogens with zero attached hydrogens (tertiary/aromatic N) is 1. The van der Waals surface area contributed by atoms with Crippen LogP contribution >= 0.6 is 0 Å². The smallest absolute Gasteiger partial charge is 0.274 e. The second-order valence-corrected chi connectivity index (χ2v) is 4.67. The maximum atomic E-state index is 12.2. The van der Waals surface area contributed by atoms with Crippen LogP contribution in [0.25, 0.3) is 0 Å². The van der Waals surface area contributed by atoms with Gasteiger partial charge in [-0.3, -0.25) is 9.78 Å². The molecule has 2 rings (SSSR count). The van der Waals surface area contributed by atoms with E-state index in [4.69, 9.17) is 4.74 Å². The molecule has 0 saturated heterocycles. The Balaban J connectivity index is 2.01. The quantitative estimate of drug-likeness (QED) is 0.801. The van der Waals surface area contributed by atoms with Gasteiger partial charge in [-0.2, -0.15) is 0 Å². The van der Waals surface area contributed by atoms with E-state index >= 15 is 0 Å². The summed E-state index contributed by atoms with van der Waals surface area (Å²) >= 11 is 0. The molecule has 2 aromatic rings. The third-order valence-electron chi connectivity index (χ3n) is 2.94. The van der Waals surface area contributed by atoms with Crippen LogP contribution in [0.15, 0.2) is 42.6 Å². The van der Waals surface area contributed by atoms with Gasteiger partial charge in [0.1, 0.15) is 5.69 Å². The summed E-state index contributed by atoms with van der Waals surface area (Å²) in [6, 6.07) is 11.2. The molecule has 5 nitrogen and oxygen atoms in total. The van der Waals surface area contributed by atoms with E-state index in [0.29, 0.717) is 18.8 Å². The molecule has 21 heavy (non-hydrogen) atoms. The summed E-state index contributed by atoms with van der Waals surface area (Å²) in [7, 11) is 1.65. The molecular weight excluding hydrogens is 266 g/mol. The number of methoxy groups -OCH3 is 1. The lowest BCUT2D eigenvalue weighted by molar-refractivity contribution is 0.102. The minimum atomic E-state index is -0.228. The second-order valence-electron chi connectivity index (χ2n) is 4.67. The average molecular weight is 285 g/mol. The number of carbonyl (C=O) groups excluding carboxylic acids is 1. The number of amides is 1. The molecule has 1 heterocycles. The summed E-state index contributed by atoms with van der Waals surface area (Å²) in [6.45, 7) is 3.29. The number of nitrogens with one attached hydrogen (secondary N) is 2. The number of benzene rings is 1. The molecule has 0 bridgehead atoms. The summed E-state index contributed by atoms with van der Waals surface area (Å²) < 4.78 is 4.97. The standard InChI is InChI=1S/C16H19N3O2/c1-12-3-5-13(6-4-12)19-16(20)15-11-14(7-8-18-15)17-9-10-21-2/h3-8,11H,9-10H2,1-2H3,(H,17,18)(H,19,20). The molecule has 1 amide bonds. The van der Waals surface area contributed by atoms with Crippen LogP contribution < -0.4 is 10.6 Å². The number of hydrogen-bond donors (Lipinski definition) is 2. The maximum absolute atomic E-state index is 12.2. The normalized spacial score (nSPS) is 10.2. The van der Waals surface area contributed by atoms with Gasteiger partial charge in [-0.15, -0.1) is 0 Å². The summed E-state index contributed by atoms with van der Waals surface area (Å²) in [5.74, 6) is -0.228. The van der Waals surface area contributed by atoms with E-state index < -0.39 is 0 Å². The lowest BCUT2D eigenvalue weighted by Gasteiger charge is -2.08. The van der Waals surface area contributed by atoms with Gasteiger partial charge in [-0.25, -0.2) is 0 Å². The molecule has 0 saturated carbocycles. The van der Waals surface area contributed by atoms with Crippen molar-refractivity contribution >= 4 is 17.3 Å². The molecule has 0 aliphatic carbocycles. The average Bonchev–Trinajstić information content (AvgIpc) is 2.50. The van der Waals surface area contributed by atoms with Crippen molar-refractivity contribution in [1.29, 1.82) is 0 Å². The van der Waals surface area contributed by atoms with E-state index in [1.54, 1.807) is 19.4 Å². The number of carbonyl (C=O) groups is 1. The van der Waals surface area contributed by atoms with Crippen LogP contribution in [-0.2, 0) is 4.74 Å². The van der Waals surface area contributed by atoms with Crippen LogP contribution in [0, 0.1) is 6.92 Å². The van der Waals surface area contributed by atoms with Crippen molar-refractivity contribution in [2.24, 2.45) is 0 Å². The maximum Gasteiger partial charge on any atom is 0.274 e. The van der Waals surface area contributed by atoms with Gasteiger partial charge in [0, 0.05) is 31.2 Å². The van der Waals surface area contributed by atoms with Crippen LogP contribution in [0.3, 0.4) is 0 Å². The van der Waals surface area contributed by atoms with Crippen molar-refractivity contribution < 1.29 is 9.53 Å². The third kappa shape index (κ3) is 4.57. The molecule has 1 aromatic heterocycles. The third-order valence-corrected chi connectivity index (χ3v) is 2.94. The first kappa shape index (κ1) is 15.0. The molecule has 0 aliphatic heterocycles. The minimum Gasteiger partial charge on any atom is -0.383 e. The van der Waals surface area contributed by atoms with E-state index in [2.05, 4.69) is 15.6 Å². The Morgan fingerprint density at radius 1 is 1.19 bits per heavy atom. The Kier molecular flexibility index (Phi) is 5.29. The van der Waals surface area contributed by atoms with Crippen molar-refractivity contribution in [2.75, 3.05) is 30.9 Å².